The molecule has 0 aliphatic heterocycles. The van der Waals surface area contributed by atoms with Gasteiger partial charge in [-0.05, 0) is 37.5 Å². The maximum atomic E-state index is 13.0. The summed E-state index contributed by atoms with van der Waals surface area (Å²) >= 11 is 0. The van der Waals surface area contributed by atoms with E-state index in [2.05, 4.69) is 6.92 Å². The fourth-order valence-electron chi connectivity index (χ4n) is 2.05. The number of anilines is 1. The van der Waals surface area contributed by atoms with Crippen molar-refractivity contribution in [3.63, 3.8) is 0 Å². The number of rotatable bonds is 5. The molecule has 0 radical (unpaired) electrons. The lowest BCUT2D eigenvalue weighted by Crippen LogP contribution is -2.34. The number of hydrogen-bond donors (Lipinski definition) is 1. The van der Waals surface area contributed by atoms with Crippen LogP contribution in [0.25, 0.3) is 0 Å². The van der Waals surface area contributed by atoms with Crippen LogP contribution in [0.4, 0.5) is 10.1 Å². The average Bonchev–Trinajstić information content (AvgIpc) is 3.13. The summed E-state index contributed by atoms with van der Waals surface area (Å²) in [5.41, 5.74) is 6.36. The van der Waals surface area contributed by atoms with Crippen molar-refractivity contribution in [2.45, 2.75) is 38.6 Å². The monoisotopic (exact) mass is 250 g/mol. The fraction of sp³-hybridized carbons (Fsp3) is 0.500. The molecule has 18 heavy (non-hydrogen) atoms. The second-order valence-corrected chi connectivity index (χ2v) is 4.81. The minimum absolute atomic E-state index is 0.0662. The first-order chi connectivity index (χ1) is 8.63. The maximum Gasteiger partial charge on any atom is 0.256 e. The minimum Gasteiger partial charge on any atom is -0.398 e. The Bertz CT molecular complexity index is 443. The Morgan fingerprint density at radius 2 is 2.22 bits per heavy atom. The molecule has 0 bridgehead atoms. The van der Waals surface area contributed by atoms with Crippen LogP contribution >= 0.6 is 0 Å². The van der Waals surface area contributed by atoms with Crippen LogP contribution in [0.1, 0.15) is 43.0 Å². The summed E-state index contributed by atoms with van der Waals surface area (Å²) in [6, 6.07) is 4.33. The Labute approximate surface area is 107 Å². The molecule has 98 valence electrons. The van der Waals surface area contributed by atoms with E-state index in [9.17, 15) is 9.18 Å². The van der Waals surface area contributed by atoms with Gasteiger partial charge in [0.25, 0.3) is 5.91 Å². The number of unbranched alkanes of at least 4 members (excludes halogenated alkanes) is 1. The number of hydrogen-bond acceptors (Lipinski definition) is 2. The van der Waals surface area contributed by atoms with Crippen molar-refractivity contribution in [2.75, 3.05) is 12.3 Å². The van der Waals surface area contributed by atoms with Crippen LogP contribution in [0.5, 0.6) is 0 Å². The molecule has 4 heteroatoms. The highest BCUT2D eigenvalue weighted by Crippen LogP contribution is 2.29. The van der Waals surface area contributed by atoms with Gasteiger partial charge in [-0.1, -0.05) is 13.3 Å². The van der Waals surface area contributed by atoms with Crippen molar-refractivity contribution in [2.24, 2.45) is 0 Å². The average molecular weight is 250 g/mol. The fourth-order valence-corrected chi connectivity index (χ4v) is 2.05. The van der Waals surface area contributed by atoms with Crippen molar-refractivity contribution >= 4 is 11.6 Å². The van der Waals surface area contributed by atoms with Crippen LogP contribution in [0, 0.1) is 5.82 Å². The third-order valence-corrected chi connectivity index (χ3v) is 3.25. The van der Waals surface area contributed by atoms with Gasteiger partial charge in [0.15, 0.2) is 0 Å². The third kappa shape index (κ3) is 2.81. The highest BCUT2D eigenvalue weighted by molar-refractivity contribution is 5.99. The summed E-state index contributed by atoms with van der Waals surface area (Å²) in [5.74, 6) is -0.473. The van der Waals surface area contributed by atoms with E-state index in [-0.39, 0.29) is 11.6 Å². The summed E-state index contributed by atoms with van der Waals surface area (Å²) in [6.07, 6.45) is 4.17. The molecule has 1 fully saturated rings. The first-order valence-corrected chi connectivity index (χ1v) is 6.49. The lowest BCUT2D eigenvalue weighted by molar-refractivity contribution is 0.0742. The van der Waals surface area contributed by atoms with Gasteiger partial charge in [0.05, 0.1) is 5.56 Å². The minimum atomic E-state index is -0.407. The van der Waals surface area contributed by atoms with Gasteiger partial charge in [-0.3, -0.25) is 4.79 Å². The SMILES string of the molecule is CCCCN(C(=O)c1ccc(F)cc1N)C1CC1. The van der Waals surface area contributed by atoms with E-state index in [0.29, 0.717) is 11.6 Å². The summed E-state index contributed by atoms with van der Waals surface area (Å²) in [5, 5.41) is 0. The first kappa shape index (κ1) is 12.9. The molecule has 3 nitrogen and oxygen atoms in total. The summed E-state index contributed by atoms with van der Waals surface area (Å²) in [4.78, 5) is 14.3. The Kier molecular flexibility index (Phi) is 3.84. The number of nitrogens with zero attached hydrogens (tertiary/aromatic N) is 1. The quantitative estimate of drug-likeness (QED) is 0.817. The number of amides is 1. The zero-order valence-electron chi connectivity index (χ0n) is 10.7. The van der Waals surface area contributed by atoms with Gasteiger partial charge < -0.3 is 10.6 Å². The van der Waals surface area contributed by atoms with E-state index < -0.39 is 5.82 Å². The van der Waals surface area contributed by atoms with Crippen LogP contribution in [0.3, 0.4) is 0 Å². The molecule has 0 unspecified atom stereocenters. The van der Waals surface area contributed by atoms with Gasteiger partial charge in [-0.2, -0.15) is 0 Å². The van der Waals surface area contributed by atoms with Gasteiger partial charge in [0.2, 0.25) is 0 Å². The molecule has 1 amide bonds. The molecule has 0 heterocycles. The van der Waals surface area contributed by atoms with Gasteiger partial charge >= 0.3 is 0 Å². The topological polar surface area (TPSA) is 46.3 Å². The normalized spacial score (nSPS) is 14.6. The smallest absolute Gasteiger partial charge is 0.256 e. The molecule has 0 atom stereocenters. The van der Waals surface area contributed by atoms with E-state index in [1.165, 1.54) is 18.2 Å². The molecule has 1 aromatic rings. The highest BCUT2D eigenvalue weighted by atomic mass is 19.1. The second-order valence-electron chi connectivity index (χ2n) is 4.81. The van der Waals surface area contributed by atoms with Gasteiger partial charge in [-0.15, -0.1) is 0 Å². The van der Waals surface area contributed by atoms with E-state index in [1.54, 1.807) is 0 Å². The van der Waals surface area contributed by atoms with Crippen molar-refractivity contribution in [1.82, 2.24) is 4.90 Å². The second kappa shape index (κ2) is 5.38. The van der Waals surface area contributed by atoms with Crippen molar-refractivity contribution in [3.8, 4) is 0 Å². The Balaban J connectivity index is 2.16. The standard InChI is InChI=1S/C14H19FN2O/c1-2-3-8-17(11-5-6-11)14(18)12-7-4-10(15)9-13(12)16/h4,7,9,11H,2-3,5-6,8,16H2,1H3. The number of carbonyl (C=O) groups excluding carboxylic acids is 1. The number of nitrogens with two attached hydrogens (primary N) is 1. The molecular weight excluding hydrogens is 231 g/mol. The number of nitrogen functional groups attached to an aromatic ring is 1. The zero-order valence-corrected chi connectivity index (χ0v) is 10.7. The van der Waals surface area contributed by atoms with Crippen LogP contribution < -0.4 is 5.73 Å². The number of halogens is 1. The molecule has 0 saturated heterocycles. The molecule has 0 aromatic heterocycles. The summed E-state index contributed by atoms with van der Waals surface area (Å²) in [6.45, 7) is 2.86. The number of carbonyl (C=O) groups is 1. The Hall–Kier alpha value is -1.58. The molecule has 2 N–H and O–H groups in total. The maximum absolute atomic E-state index is 13.0. The molecule has 1 aromatic carbocycles. The zero-order chi connectivity index (χ0) is 13.1. The van der Waals surface area contributed by atoms with Crippen molar-refractivity contribution in [1.29, 1.82) is 0 Å². The predicted octanol–water partition coefficient (Wildman–Crippen LogP) is 2.81. The van der Waals surface area contributed by atoms with E-state index >= 15 is 0 Å². The van der Waals surface area contributed by atoms with Crippen LogP contribution in [0.2, 0.25) is 0 Å². The van der Waals surface area contributed by atoms with E-state index in [0.717, 1.165) is 32.2 Å². The van der Waals surface area contributed by atoms with Gasteiger partial charge in [0.1, 0.15) is 5.82 Å². The summed E-state index contributed by atoms with van der Waals surface area (Å²) < 4.78 is 13.0. The Morgan fingerprint density at radius 1 is 1.50 bits per heavy atom. The summed E-state index contributed by atoms with van der Waals surface area (Å²) in [7, 11) is 0. The Morgan fingerprint density at radius 3 is 2.78 bits per heavy atom. The molecule has 1 saturated carbocycles. The lowest BCUT2D eigenvalue weighted by Gasteiger charge is -2.23. The van der Waals surface area contributed by atoms with Gasteiger partial charge in [-0.25, -0.2) is 4.39 Å². The van der Waals surface area contributed by atoms with E-state index in [4.69, 9.17) is 5.73 Å². The lowest BCUT2D eigenvalue weighted by atomic mass is 10.1. The first-order valence-electron chi connectivity index (χ1n) is 6.49. The highest BCUT2D eigenvalue weighted by Gasteiger charge is 2.33. The van der Waals surface area contributed by atoms with Crippen molar-refractivity contribution < 1.29 is 9.18 Å². The van der Waals surface area contributed by atoms with E-state index in [1.807, 2.05) is 4.90 Å². The molecule has 0 spiro atoms. The third-order valence-electron chi connectivity index (χ3n) is 3.25. The molecule has 2 rings (SSSR count). The molecule has 1 aliphatic carbocycles. The predicted molar refractivity (Wildman–Crippen MR) is 69.8 cm³/mol. The van der Waals surface area contributed by atoms with Crippen LogP contribution in [-0.2, 0) is 0 Å². The molecular formula is C14H19FN2O. The van der Waals surface area contributed by atoms with Crippen LogP contribution in [0.15, 0.2) is 18.2 Å². The van der Waals surface area contributed by atoms with Crippen LogP contribution in [-0.4, -0.2) is 23.4 Å². The number of benzene rings is 1. The van der Waals surface area contributed by atoms with Crippen molar-refractivity contribution in [3.05, 3.63) is 29.6 Å². The largest absolute Gasteiger partial charge is 0.398 e. The molecule has 1 aliphatic rings. The van der Waals surface area contributed by atoms with Gasteiger partial charge in [0, 0.05) is 18.3 Å².